The highest BCUT2D eigenvalue weighted by Crippen LogP contribution is 2.34. The standard InChI is InChI=1S/C15H24N2O/c1-3-11-17-12-6-5-9-14(17)13-8-7-10-16-15(13)18-4-2/h7-8,10,14H,3-6,9,11-12H2,1-2H3/t14-/m0/s1. The Morgan fingerprint density at radius 1 is 1.39 bits per heavy atom. The number of hydrogen-bond donors (Lipinski definition) is 0. The number of hydrogen-bond acceptors (Lipinski definition) is 3. The third-order valence-electron chi connectivity index (χ3n) is 3.57. The summed E-state index contributed by atoms with van der Waals surface area (Å²) < 4.78 is 5.68. The highest BCUT2D eigenvalue weighted by atomic mass is 16.5. The highest BCUT2D eigenvalue weighted by Gasteiger charge is 2.26. The minimum Gasteiger partial charge on any atom is -0.478 e. The van der Waals surface area contributed by atoms with Gasteiger partial charge in [0.2, 0.25) is 5.88 Å². The molecule has 2 rings (SSSR count). The van der Waals surface area contributed by atoms with Crippen molar-refractivity contribution in [3.05, 3.63) is 23.9 Å². The van der Waals surface area contributed by atoms with Gasteiger partial charge < -0.3 is 4.74 Å². The molecular weight excluding hydrogens is 224 g/mol. The maximum atomic E-state index is 5.68. The van der Waals surface area contributed by atoms with Crippen molar-refractivity contribution in [2.45, 2.75) is 45.6 Å². The van der Waals surface area contributed by atoms with E-state index in [0.717, 1.165) is 5.88 Å². The fourth-order valence-corrected chi connectivity index (χ4v) is 2.81. The lowest BCUT2D eigenvalue weighted by Crippen LogP contribution is -2.34. The second-order valence-corrected chi connectivity index (χ2v) is 4.88. The van der Waals surface area contributed by atoms with Crippen molar-refractivity contribution in [1.82, 2.24) is 9.88 Å². The molecule has 2 heterocycles. The first kappa shape index (κ1) is 13.3. The molecule has 1 aliphatic heterocycles. The first-order chi connectivity index (χ1) is 8.86. The van der Waals surface area contributed by atoms with Crippen molar-refractivity contribution in [2.24, 2.45) is 0 Å². The summed E-state index contributed by atoms with van der Waals surface area (Å²) in [6.45, 7) is 7.33. The molecule has 1 atom stereocenters. The van der Waals surface area contributed by atoms with Crippen molar-refractivity contribution in [2.75, 3.05) is 19.7 Å². The minimum absolute atomic E-state index is 0.494. The number of rotatable bonds is 5. The minimum atomic E-state index is 0.494. The average molecular weight is 248 g/mol. The van der Waals surface area contributed by atoms with Crippen molar-refractivity contribution in [3.63, 3.8) is 0 Å². The zero-order chi connectivity index (χ0) is 12.8. The molecule has 1 fully saturated rings. The Labute approximate surface area is 110 Å². The Hall–Kier alpha value is -1.09. The van der Waals surface area contributed by atoms with Gasteiger partial charge in [0.05, 0.1) is 6.61 Å². The van der Waals surface area contributed by atoms with Gasteiger partial charge in [-0.3, -0.25) is 4.90 Å². The Morgan fingerprint density at radius 2 is 2.28 bits per heavy atom. The largest absolute Gasteiger partial charge is 0.478 e. The van der Waals surface area contributed by atoms with Crippen LogP contribution in [0, 0.1) is 0 Å². The van der Waals surface area contributed by atoms with Crippen LogP contribution in [0.5, 0.6) is 5.88 Å². The van der Waals surface area contributed by atoms with Gasteiger partial charge in [-0.1, -0.05) is 19.4 Å². The summed E-state index contributed by atoms with van der Waals surface area (Å²) in [5.41, 5.74) is 1.27. The second-order valence-electron chi connectivity index (χ2n) is 4.88. The third kappa shape index (κ3) is 3.02. The van der Waals surface area contributed by atoms with Crippen molar-refractivity contribution in [1.29, 1.82) is 0 Å². The average Bonchev–Trinajstić information content (AvgIpc) is 2.41. The SMILES string of the molecule is CCCN1CCCC[C@H]1c1cccnc1OCC. The van der Waals surface area contributed by atoms with E-state index >= 15 is 0 Å². The van der Waals surface area contributed by atoms with Gasteiger partial charge in [-0.15, -0.1) is 0 Å². The predicted octanol–water partition coefficient (Wildman–Crippen LogP) is 3.42. The molecule has 0 radical (unpaired) electrons. The van der Waals surface area contributed by atoms with Crippen molar-refractivity contribution in [3.8, 4) is 5.88 Å². The van der Waals surface area contributed by atoms with Gasteiger partial charge in [-0.05, 0) is 45.3 Å². The summed E-state index contributed by atoms with van der Waals surface area (Å²) in [6.07, 6.45) is 6.89. The second kappa shape index (κ2) is 6.74. The molecule has 1 aliphatic rings. The number of aromatic nitrogens is 1. The van der Waals surface area contributed by atoms with Gasteiger partial charge in [0.1, 0.15) is 0 Å². The summed E-state index contributed by atoms with van der Waals surface area (Å²) in [5.74, 6) is 0.827. The molecule has 3 nitrogen and oxygen atoms in total. The van der Waals surface area contributed by atoms with Gasteiger partial charge in [0.15, 0.2) is 0 Å². The Morgan fingerprint density at radius 3 is 3.06 bits per heavy atom. The van der Waals surface area contributed by atoms with Gasteiger partial charge in [-0.2, -0.15) is 0 Å². The van der Waals surface area contributed by atoms with Gasteiger partial charge in [0.25, 0.3) is 0 Å². The number of nitrogens with zero attached hydrogens (tertiary/aromatic N) is 2. The van der Waals surface area contributed by atoms with Gasteiger partial charge >= 0.3 is 0 Å². The summed E-state index contributed by atoms with van der Waals surface area (Å²) in [7, 11) is 0. The van der Waals surface area contributed by atoms with Crippen LogP contribution < -0.4 is 4.74 Å². The first-order valence-corrected chi connectivity index (χ1v) is 7.18. The quantitative estimate of drug-likeness (QED) is 0.798. The topological polar surface area (TPSA) is 25.4 Å². The number of piperidine rings is 1. The zero-order valence-electron chi connectivity index (χ0n) is 11.6. The lowest BCUT2D eigenvalue weighted by Gasteiger charge is -2.36. The fraction of sp³-hybridized carbons (Fsp3) is 0.667. The van der Waals surface area contributed by atoms with E-state index in [-0.39, 0.29) is 0 Å². The summed E-state index contributed by atoms with van der Waals surface area (Å²) in [4.78, 5) is 6.98. The van der Waals surface area contributed by atoms with E-state index < -0.39 is 0 Å². The summed E-state index contributed by atoms with van der Waals surface area (Å²) in [5, 5.41) is 0. The molecule has 0 amide bonds. The van der Waals surface area contributed by atoms with Crippen LogP contribution in [0.4, 0.5) is 0 Å². The molecule has 100 valence electrons. The molecule has 18 heavy (non-hydrogen) atoms. The maximum Gasteiger partial charge on any atom is 0.218 e. The molecule has 0 bridgehead atoms. The van der Waals surface area contributed by atoms with Crippen LogP contribution >= 0.6 is 0 Å². The van der Waals surface area contributed by atoms with E-state index in [2.05, 4.69) is 22.9 Å². The van der Waals surface area contributed by atoms with E-state index in [0.29, 0.717) is 12.6 Å². The molecule has 0 unspecified atom stereocenters. The fourth-order valence-electron chi connectivity index (χ4n) is 2.81. The first-order valence-electron chi connectivity index (χ1n) is 7.18. The van der Waals surface area contributed by atoms with Crippen LogP contribution in [0.1, 0.15) is 51.1 Å². The molecule has 1 aromatic rings. The summed E-state index contributed by atoms with van der Waals surface area (Å²) in [6, 6.07) is 4.70. The third-order valence-corrected chi connectivity index (χ3v) is 3.57. The molecule has 0 aromatic carbocycles. The van der Waals surface area contributed by atoms with E-state index in [1.807, 2.05) is 19.2 Å². The number of likely N-dealkylation sites (tertiary alicyclic amines) is 1. The number of pyridine rings is 1. The van der Waals surface area contributed by atoms with Crippen molar-refractivity contribution < 1.29 is 4.74 Å². The van der Waals surface area contributed by atoms with Gasteiger partial charge in [-0.25, -0.2) is 4.98 Å². The van der Waals surface area contributed by atoms with E-state index in [1.165, 1.54) is 44.3 Å². The summed E-state index contributed by atoms with van der Waals surface area (Å²) >= 11 is 0. The van der Waals surface area contributed by atoms with Crippen LogP contribution in [-0.2, 0) is 0 Å². The molecular formula is C15H24N2O. The zero-order valence-corrected chi connectivity index (χ0v) is 11.6. The van der Waals surface area contributed by atoms with E-state index in [9.17, 15) is 0 Å². The molecule has 1 saturated heterocycles. The lowest BCUT2D eigenvalue weighted by molar-refractivity contribution is 0.144. The van der Waals surface area contributed by atoms with Crippen LogP contribution in [0.25, 0.3) is 0 Å². The van der Waals surface area contributed by atoms with Crippen LogP contribution in [-0.4, -0.2) is 29.6 Å². The molecule has 0 aliphatic carbocycles. The number of ether oxygens (including phenoxy) is 1. The van der Waals surface area contributed by atoms with Gasteiger partial charge in [0, 0.05) is 17.8 Å². The molecule has 0 N–H and O–H groups in total. The van der Waals surface area contributed by atoms with Crippen LogP contribution in [0.3, 0.4) is 0 Å². The predicted molar refractivity (Wildman–Crippen MR) is 73.9 cm³/mol. The molecule has 3 heteroatoms. The van der Waals surface area contributed by atoms with E-state index in [4.69, 9.17) is 4.74 Å². The normalized spacial score (nSPS) is 20.9. The van der Waals surface area contributed by atoms with E-state index in [1.54, 1.807) is 0 Å². The molecule has 0 spiro atoms. The monoisotopic (exact) mass is 248 g/mol. The molecule has 0 saturated carbocycles. The Balaban J connectivity index is 2.21. The lowest BCUT2D eigenvalue weighted by atomic mass is 9.95. The van der Waals surface area contributed by atoms with Crippen molar-refractivity contribution >= 4 is 0 Å². The smallest absolute Gasteiger partial charge is 0.218 e. The maximum absolute atomic E-state index is 5.68. The Kier molecular flexibility index (Phi) is 5.00. The highest BCUT2D eigenvalue weighted by molar-refractivity contribution is 5.29. The van der Waals surface area contributed by atoms with Crippen LogP contribution in [0.15, 0.2) is 18.3 Å². The Bertz CT molecular complexity index is 365. The molecule has 1 aromatic heterocycles. The van der Waals surface area contributed by atoms with Crippen LogP contribution in [0.2, 0.25) is 0 Å².